The van der Waals surface area contributed by atoms with Crippen molar-refractivity contribution in [1.29, 1.82) is 0 Å². The fraction of sp³-hybridized carbons (Fsp3) is 0.500. The molecule has 1 fully saturated rings. The van der Waals surface area contributed by atoms with Gasteiger partial charge in [0.2, 0.25) is 0 Å². The van der Waals surface area contributed by atoms with Gasteiger partial charge < -0.3 is 0 Å². The van der Waals surface area contributed by atoms with Crippen molar-refractivity contribution in [1.82, 2.24) is 25.1 Å². The van der Waals surface area contributed by atoms with Crippen LogP contribution in [-0.4, -0.2) is 38.2 Å². The molecule has 0 bridgehead atoms. The molecule has 2 heterocycles. The summed E-state index contributed by atoms with van der Waals surface area (Å²) in [6.45, 7) is 5.22. The molecular formula is C14H17Cl2N5. The minimum absolute atomic E-state index is 0.502. The Morgan fingerprint density at radius 2 is 2.14 bits per heavy atom. The van der Waals surface area contributed by atoms with Crippen LogP contribution in [0.2, 0.25) is 10.0 Å². The summed E-state index contributed by atoms with van der Waals surface area (Å²) in [5.41, 5.74) is 0.828. The lowest BCUT2D eigenvalue weighted by Gasteiger charge is -2.30. The molecule has 0 spiro atoms. The number of aromatic nitrogens is 4. The number of hydrogen-bond donors (Lipinski definition) is 0. The second kappa shape index (κ2) is 6.30. The molecule has 0 unspecified atom stereocenters. The van der Waals surface area contributed by atoms with E-state index in [0.29, 0.717) is 10.0 Å². The number of nitrogens with zero attached hydrogens (tertiary/aromatic N) is 5. The highest BCUT2D eigenvalue weighted by atomic mass is 35.5. The van der Waals surface area contributed by atoms with Crippen LogP contribution in [0, 0.1) is 5.92 Å². The van der Waals surface area contributed by atoms with Gasteiger partial charge >= 0.3 is 0 Å². The van der Waals surface area contributed by atoms with E-state index in [2.05, 4.69) is 27.3 Å². The highest BCUT2D eigenvalue weighted by Gasteiger charge is 2.19. The zero-order chi connectivity index (χ0) is 14.8. The van der Waals surface area contributed by atoms with Crippen LogP contribution in [0.15, 0.2) is 18.2 Å². The van der Waals surface area contributed by atoms with Gasteiger partial charge in [-0.25, -0.2) is 0 Å². The van der Waals surface area contributed by atoms with Crippen LogP contribution in [0.5, 0.6) is 0 Å². The predicted octanol–water partition coefficient (Wildman–Crippen LogP) is 3.20. The van der Waals surface area contributed by atoms with Gasteiger partial charge in [0, 0.05) is 6.54 Å². The summed E-state index contributed by atoms with van der Waals surface area (Å²) in [6.07, 6.45) is 2.53. The van der Waals surface area contributed by atoms with Crippen LogP contribution in [0.3, 0.4) is 0 Å². The number of tetrazole rings is 1. The molecule has 7 heteroatoms. The summed E-state index contributed by atoms with van der Waals surface area (Å²) in [5, 5.41) is 13.0. The van der Waals surface area contributed by atoms with Gasteiger partial charge in [-0.1, -0.05) is 30.1 Å². The first-order chi connectivity index (χ1) is 10.1. The zero-order valence-corrected chi connectivity index (χ0v) is 13.3. The summed E-state index contributed by atoms with van der Waals surface area (Å²) in [6, 6.07) is 5.41. The molecule has 1 aromatic heterocycles. The number of likely N-dealkylation sites (tertiary alicyclic amines) is 1. The molecule has 0 N–H and O–H groups in total. The third kappa shape index (κ3) is 3.36. The number of hydrogen-bond acceptors (Lipinski definition) is 4. The SMILES string of the molecule is C[C@@H]1CCCN(Cc2nnnn2-c2ccc(Cl)c(Cl)c2)C1. The lowest BCUT2D eigenvalue weighted by molar-refractivity contribution is 0.171. The van der Waals surface area contributed by atoms with Crippen LogP contribution >= 0.6 is 23.2 Å². The summed E-state index contributed by atoms with van der Waals surface area (Å²) in [7, 11) is 0. The first kappa shape index (κ1) is 14.8. The van der Waals surface area contributed by atoms with Crippen molar-refractivity contribution in [2.45, 2.75) is 26.3 Å². The van der Waals surface area contributed by atoms with Crippen molar-refractivity contribution >= 4 is 23.2 Å². The molecule has 112 valence electrons. The monoisotopic (exact) mass is 325 g/mol. The van der Waals surface area contributed by atoms with Gasteiger partial charge in [-0.05, 0) is 53.9 Å². The van der Waals surface area contributed by atoms with E-state index in [4.69, 9.17) is 23.2 Å². The lowest BCUT2D eigenvalue weighted by Crippen LogP contribution is -2.34. The normalized spacial score (nSPS) is 19.9. The summed E-state index contributed by atoms with van der Waals surface area (Å²) in [4.78, 5) is 2.40. The van der Waals surface area contributed by atoms with Gasteiger partial charge in [0.15, 0.2) is 5.82 Å². The topological polar surface area (TPSA) is 46.8 Å². The summed E-state index contributed by atoms with van der Waals surface area (Å²) >= 11 is 12.0. The molecule has 2 aromatic rings. The maximum atomic E-state index is 6.07. The Kier molecular flexibility index (Phi) is 4.42. The predicted molar refractivity (Wildman–Crippen MR) is 82.8 cm³/mol. The smallest absolute Gasteiger partial charge is 0.170 e. The molecule has 3 rings (SSSR count). The van der Waals surface area contributed by atoms with Crippen molar-refractivity contribution in [3.05, 3.63) is 34.1 Å². The number of halogens is 2. The van der Waals surface area contributed by atoms with Crippen molar-refractivity contribution in [3.8, 4) is 5.69 Å². The fourth-order valence-electron chi connectivity index (χ4n) is 2.75. The maximum absolute atomic E-state index is 6.07. The van der Waals surface area contributed by atoms with E-state index >= 15 is 0 Å². The van der Waals surface area contributed by atoms with Crippen molar-refractivity contribution < 1.29 is 0 Å². The third-order valence-corrected chi connectivity index (χ3v) is 4.53. The molecule has 0 amide bonds. The minimum atomic E-state index is 0.502. The highest BCUT2D eigenvalue weighted by Crippen LogP contribution is 2.25. The van der Waals surface area contributed by atoms with Gasteiger partial charge in [0.1, 0.15) is 0 Å². The largest absolute Gasteiger partial charge is 0.296 e. The van der Waals surface area contributed by atoms with Crippen molar-refractivity contribution in [2.24, 2.45) is 5.92 Å². The van der Waals surface area contributed by atoms with E-state index in [-0.39, 0.29) is 0 Å². The van der Waals surface area contributed by atoms with E-state index in [9.17, 15) is 0 Å². The van der Waals surface area contributed by atoms with Gasteiger partial charge in [-0.2, -0.15) is 4.68 Å². The van der Waals surface area contributed by atoms with Crippen LogP contribution in [0.1, 0.15) is 25.6 Å². The Bertz CT molecular complexity index is 628. The standard InChI is InChI=1S/C14H17Cl2N5/c1-10-3-2-6-20(8-10)9-14-17-18-19-21(14)11-4-5-12(15)13(16)7-11/h4-5,7,10H,2-3,6,8-9H2,1H3/t10-/m1/s1. The summed E-state index contributed by atoms with van der Waals surface area (Å²) < 4.78 is 1.72. The van der Waals surface area contributed by atoms with Gasteiger partial charge in [0.05, 0.1) is 22.3 Å². The van der Waals surface area contributed by atoms with E-state index in [1.165, 1.54) is 12.8 Å². The molecule has 1 aliphatic heterocycles. The number of benzene rings is 1. The number of rotatable bonds is 3. The first-order valence-corrected chi connectivity index (χ1v) is 7.84. The van der Waals surface area contributed by atoms with Gasteiger partial charge in [-0.15, -0.1) is 5.10 Å². The van der Waals surface area contributed by atoms with E-state index < -0.39 is 0 Å². The Balaban J connectivity index is 1.81. The van der Waals surface area contributed by atoms with Crippen LogP contribution in [-0.2, 0) is 6.54 Å². The third-order valence-electron chi connectivity index (χ3n) is 3.79. The molecule has 1 aromatic carbocycles. The number of piperidine rings is 1. The quantitative estimate of drug-likeness (QED) is 0.869. The second-order valence-corrected chi connectivity index (χ2v) is 6.40. The molecular weight excluding hydrogens is 309 g/mol. The molecule has 0 saturated carbocycles. The Labute approximate surface area is 133 Å². The molecule has 21 heavy (non-hydrogen) atoms. The van der Waals surface area contributed by atoms with Crippen LogP contribution in [0.25, 0.3) is 5.69 Å². The molecule has 0 aliphatic carbocycles. The highest BCUT2D eigenvalue weighted by molar-refractivity contribution is 6.42. The molecule has 1 saturated heterocycles. The van der Waals surface area contributed by atoms with E-state index in [1.807, 2.05) is 6.07 Å². The maximum Gasteiger partial charge on any atom is 0.170 e. The average Bonchev–Trinajstić information content (AvgIpc) is 2.90. The molecule has 1 atom stereocenters. The van der Waals surface area contributed by atoms with E-state index in [0.717, 1.165) is 37.1 Å². The first-order valence-electron chi connectivity index (χ1n) is 7.08. The fourth-order valence-corrected chi connectivity index (χ4v) is 3.04. The van der Waals surface area contributed by atoms with Crippen LogP contribution in [0.4, 0.5) is 0 Å². The average molecular weight is 326 g/mol. The molecule has 0 radical (unpaired) electrons. The second-order valence-electron chi connectivity index (χ2n) is 5.59. The Morgan fingerprint density at radius 3 is 2.90 bits per heavy atom. The van der Waals surface area contributed by atoms with E-state index in [1.54, 1.807) is 16.8 Å². The van der Waals surface area contributed by atoms with Gasteiger partial charge in [0.25, 0.3) is 0 Å². The van der Waals surface area contributed by atoms with Crippen LogP contribution < -0.4 is 0 Å². The Morgan fingerprint density at radius 1 is 1.29 bits per heavy atom. The summed E-state index contributed by atoms with van der Waals surface area (Å²) in [5.74, 6) is 1.55. The molecule has 1 aliphatic rings. The Hall–Kier alpha value is -1.17. The van der Waals surface area contributed by atoms with Gasteiger partial charge in [-0.3, -0.25) is 4.90 Å². The van der Waals surface area contributed by atoms with Crippen molar-refractivity contribution in [2.75, 3.05) is 13.1 Å². The zero-order valence-electron chi connectivity index (χ0n) is 11.8. The van der Waals surface area contributed by atoms with Crippen molar-refractivity contribution in [3.63, 3.8) is 0 Å². The lowest BCUT2D eigenvalue weighted by atomic mass is 10.0. The molecule has 5 nitrogen and oxygen atoms in total. The minimum Gasteiger partial charge on any atom is -0.296 e.